The minimum Gasteiger partial charge on any atom is -0.479 e. The summed E-state index contributed by atoms with van der Waals surface area (Å²) in [5, 5.41) is 36.3. The summed E-state index contributed by atoms with van der Waals surface area (Å²) in [6, 6.07) is -1.92. The van der Waals surface area contributed by atoms with Crippen molar-refractivity contribution in [2.24, 2.45) is 11.7 Å². The maximum Gasteiger partial charge on any atom is 0.451 e. The number of likely N-dealkylation sites (tertiary alicyclic amines) is 1. The highest BCUT2D eigenvalue weighted by Gasteiger charge is 2.49. The van der Waals surface area contributed by atoms with Gasteiger partial charge in [0, 0.05) is 13.1 Å². The van der Waals surface area contributed by atoms with Crippen LogP contribution in [0.25, 0.3) is 0 Å². The number of carbonyl (C=O) groups excluding carboxylic acids is 4. The van der Waals surface area contributed by atoms with Gasteiger partial charge < -0.3 is 51.2 Å². The van der Waals surface area contributed by atoms with E-state index < -0.39 is 72.5 Å². The van der Waals surface area contributed by atoms with Crippen LogP contribution in [0, 0.1) is 5.92 Å². The van der Waals surface area contributed by atoms with Gasteiger partial charge >= 0.3 is 31.3 Å². The standard InChI is InChI=1S/C24H44BN5O10/c1-22(2,3)39-20(35)28-16(8-7-11-27-19(26)34)17(31)30-13-15(9-10-25(37)38)12-24(14-30,18(32)33)29-21(36)40-23(4,5)6/h15-16,37-38H,7-14H2,1-6H3,(H,28,35)(H,29,36)(H,32,33)(H3,26,27,34)/t15-,16-,24+/m0/s1. The fraction of sp³-hybridized carbons (Fsp3) is 0.792. The molecule has 8 N–H and O–H groups in total. The molecular formula is C24H44BN5O10. The van der Waals surface area contributed by atoms with Gasteiger partial charge in [-0.25, -0.2) is 19.2 Å². The molecule has 228 valence electrons. The zero-order chi connectivity index (χ0) is 30.9. The van der Waals surface area contributed by atoms with E-state index in [9.17, 15) is 39.1 Å². The predicted molar refractivity (Wildman–Crippen MR) is 144 cm³/mol. The number of nitrogens with one attached hydrogen (secondary N) is 3. The molecule has 0 unspecified atom stereocenters. The number of rotatable bonds is 11. The summed E-state index contributed by atoms with van der Waals surface area (Å²) in [7, 11) is -1.65. The van der Waals surface area contributed by atoms with Crippen molar-refractivity contribution in [3.05, 3.63) is 0 Å². The van der Waals surface area contributed by atoms with Crippen molar-refractivity contribution >= 4 is 37.2 Å². The maximum atomic E-state index is 13.7. The van der Waals surface area contributed by atoms with Crippen LogP contribution in [0.3, 0.4) is 0 Å². The summed E-state index contributed by atoms with van der Waals surface area (Å²) in [6.07, 6.45) is -1.64. The van der Waals surface area contributed by atoms with Gasteiger partial charge in [0.2, 0.25) is 5.91 Å². The number of carboxylic acid groups (broad SMARTS) is 1. The van der Waals surface area contributed by atoms with E-state index in [1.807, 2.05) is 0 Å². The van der Waals surface area contributed by atoms with Crippen LogP contribution in [0.2, 0.25) is 6.32 Å². The van der Waals surface area contributed by atoms with Crippen LogP contribution < -0.4 is 21.7 Å². The van der Waals surface area contributed by atoms with E-state index in [0.29, 0.717) is 0 Å². The average molecular weight is 573 g/mol. The molecule has 0 aromatic carbocycles. The zero-order valence-corrected chi connectivity index (χ0v) is 24.1. The Morgan fingerprint density at radius 1 is 1.05 bits per heavy atom. The number of hydrogen-bond donors (Lipinski definition) is 7. The topological polar surface area (TPSA) is 230 Å². The molecule has 1 aliphatic heterocycles. The Balaban J connectivity index is 3.31. The number of hydrogen-bond acceptors (Lipinski definition) is 9. The van der Waals surface area contributed by atoms with Crippen LogP contribution >= 0.6 is 0 Å². The lowest BCUT2D eigenvalue weighted by molar-refractivity contribution is -0.152. The summed E-state index contributed by atoms with van der Waals surface area (Å²) >= 11 is 0. The molecule has 0 spiro atoms. The fourth-order valence-corrected chi connectivity index (χ4v) is 4.31. The maximum absolute atomic E-state index is 13.7. The van der Waals surface area contributed by atoms with Gasteiger partial charge in [-0.15, -0.1) is 0 Å². The molecule has 0 saturated carbocycles. The fourth-order valence-electron chi connectivity index (χ4n) is 4.31. The number of carbonyl (C=O) groups is 5. The number of carboxylic acids is 1. The molecule has 1 saturated heterocycles. The Hall–Kier alpha value is -3.27. The predicted octanol–water partition coefficient (Wildman–Crippen LogP) is 0.388. The van der Waals surface area contributed by atoms with Crippen LogP contribution in [0.15, 0.2) is 0 Å². The number of piperidine rings is 1. The Kier molecular flexibility index (Phi) is 12.5. The van der Waals surface area contributed by atoms with Crippen LogP contribution in [-0.4, -0.2) is 99.7 Å². The molecular weight excluding hydrogens is 529 g/mol. The van der Waals surface area contributed by atoms with Crippen molar-refractivity contribution in [3.8, 4) is 0 Å². The third kappa shape index (κ3) is 12.7. The monoisotopic (exact) mass is 573 g/mol. The van der Waals surface area contributed by atoms with Gasteiger partial charge in [-0.2, -0.15) is 0 Å². The van der Waals surface area contributed by atoms with Gasteiger partial charge in [0.15, 0.2) is 5.54 Å². The smallest absolute Gasteiger partial charge is 0.451 e. The Morgan fingerprint density at radius 3 is 2.12 bits per heavy atom. The molecule has 0 aromatic heterocycles. The van der Waals surface area contributed by atoms with Crippen molar-refractivity contribution in [1.82, 2.24) is 20.9 Å². The third-order valence-corrected chi connectivity index (χ3v) is 5.83. The summed E-state index contributed by atoms with van der Waals surface area (Å²) in [6.45, 7) is 9.49. The van der Waals surface area contributed by atoms with E-state index in [1.165, 1.54) is 4.90 Å². The van der Waals surface area contributed by atoms with Gasteiger partial charge in [-0.1, -0.05) is 6.42 Å². The highest BCUT2D eigenvalue weighted by molar-refractivity contribution is 6.40. The van der Waals surface area contributed by atoms with Crippen molar-refractivity contribution < 1.29 is 48.6 Å². The molecule has 40 heavy (non-hydrogen) atoms. The highest BCUT2D eigenvalue weighted by atomic mass is 16.6. The molecule has 0 radical (unpaired) electrons. The van der Waals surface area contributed by atoms with E-state index in [2.05, 4.69) is 16.0 Å². The minimum atomic E-state index is -1.95. The van der Waals surface area contributed by atoms with Crippen LogP contribution in [0.4, 0.5) is 14.4 Å². The third-order valence-electron chi connectivity index (χ3n) is 5.83. The first-order valence-corrected chi connectivity index (χ1v) is 13.2. The second-order valence-electron chi connectivity index (χ2n) is 12.0. The van der Waals surface area contributed by atoms with Gasteiger partial charge in [-0.3, -0.25) is 4.79 Å². The lowest BCUT2D eigenvalue weighted by atomic mass is 9.75. The molecule has 5 amide bonds. The molecule has 3 atom stereocenters. The molecule has 1 fully saturated rings. The average Bonchev–Trinajstić information content (AvgIpc) is 2.76. The van der Waals surface area contributed by atoms with Crippen LogP contribution in [-0.2, 0) is 19.1 Å². The zero-order valence-electron chi connectivity index (χ0n) is 24.1. The van der Waals surface area contributed by atoms with E-state index in [0.717, 1.165) is 0 Å². The van der Waals surface area contributed by atoms with Gasteiger partial charge in [0.25, 0.3) is 0 Å². The Labute approximate surface area is 234 Å². The molecule has 1 heterocycles. The number of ether oxygens (including phenoxy) is 2. The van der Waals surface area contributed by atoms with E-state index in [4.69, 9.17) is 15.2 Å². The number of amides is 5. The largest absolute Gasteiger partial charge is 0.479 e. The normalized spacial score (nSPS) is 20.1. The summed E-state index contributed by atoms with van der Waals surface area (Å²) < 4.78 is 10.5. The van der Waals surface area contributed by atoms with E-state index in [1.54, 1.807) is 41.5 Å². The molecule has 16 heteroatoms. The number of urea groups is 1. The Morgan fingerprint density at radius 2 is 1.62 bits per heavy atom. The minimum absolute atomic E-state index is 0.0304. The van der Waals surface area contributed by atoms with Crippen molar-refractivity contribution in [2.75, 3.05) is 19.6 Å². The van der Waals surface area contributed by atoms with E-state index in [-0.39, 0.29) is 45.1 Å². The second kappa shape index (κ2) is 14.4. The van der Waals surface area contributed by atoms with Gasteiger partial charge in [0.1, 0.15) is 17.2 Å². The molecule has 0 aliphatic carbocycles. The lowest BCUT2D eigenvalue weighted by Crippen LogP contribution is -2.67. The number of alkyl carbamates (subject to hydrolysis) is 2. The first kappa shape index (κ1) is 34.8. The first-order valence-electron chi connectivity index (χ1n) is 13.2. The molecule has 0 aromatic rings. The van der Waals surface area contributed by atoms with Crippen LogP contribution in [0.5, 0.6) is 0 Å². The first-order chi connectivity index (χ1) is 18.2. The second-order valence-corrected chi connectivity index (χ2v) is 12.0. The number of nitrogens with two attached hydrogens (primary N) is 1. The molecule has 1 aliphatic rings. The van der Waals surface area contributed by atoms with Gasteiger partial charge in [-0.05, 0) is 73.0 Å². The summed E-state index contributed by atoms with van der Waals surface area (Å²) in [5.74, 6) is -2.60. The van der Waals surface area contributed by atoms with Crippen molar-refractivity contribution in [3.63, 3.8) is 0 Å². The molecule has 0 bridgehead atoms. The molecule has 15 nitrogen and oxygen atoms in total. The quantitative estimate of drug-likeness (QED) is 0.133. The van der Waals surface area contributed by atoms with Crippen molar-refractivity contribution in [1.29, 1.82) is 0 Å². The number of primary amides is 1. The summed E-state index contributed by atoms with van der Waals surface area (Å²) in [4.78, 5) is 63.7. The molecule has 1 rings (SSSR count). The highest BCUT2D eigenvalue weighted by Crippen LogP contribution is 2.31. The van der Waals surface area contributed by atoms with Crippen LogP contribution in [0.1, 0.15) is 67.2 Å². The Bertz CT molecular complexity index is 921. The van der Waals surface area contributed by atoms with E-state index >= 15 is 0 Å². The number of nitrogens with zero attached hydrogens (tertiary/aromatic N) is 1. The lowest BCUT2D eigenvalue weighted by Gasteiger charge is -2.45. The summed E-state index contributed by atoms with van der Waals surface area (Å²) in [5.41, 5.74) is 1.35. The SMILES string of the molecule is CC(C)(C)OC(=O)N[C@@H](CCCNC(N)=O)C(=O)N1C[C@@H](CCB(O)O)C[C@](NC(=O)OC(C)(C)C)(C(=O)O)C1. The number of aliphatic carboxylic acids is 1. The van der Waals surface area contributed by atoms with Crippen molar-refractivity contribution in [2.45, 2.75) is 96.3 Å². The van der Waals surface area contributed by atoms with Gasteiger partial charge in [0.05, 0.1) is 6.54 Å².